The van der Waals surface area contributed by atoms with Gasteiger partial charge in [0.05, 0.1) is 10.9 Å². The van der Waals surface area contributed by atoms with E-state index in [2.05, 4.69) is 27.7 Å². The van der Waals surface area contributed by atoms with Crippen LogP contribution in [0.2, 0.25) is 0 Å². The minimum Gasteiger partial charge on any atom is -0.354 e. The van der Waals surface area contributed by atoms with Gasteiger partial charge in [-0.15, -0.1) is 11.8 Å². The molecule has 2 N–H and O–H groups in total. The first-order valence-corrected chi connectivity index (χ1v) is 12.6. The fourth-order valence-corrected chi connectivity index (χ4v) is 6.49. The average Bonchev–Trinajstić information content (AvgIpc) is 3.44. The van der Waals surface area contributed by atoms with Crippen LogP contribution in [0.1, 0.15) is 56.9 Å². The van der Waals surface area contributed by atoms with Gasteiger partial charge in [0.25, 0.3) is 0 Å². The molecular weight excluding hydrogens is 394 g/mol. The van der Waals surface area contributed by atoms with Gasteiger partial charge in [-0.25, -0.2) is 0 Å². The minimum absolute atomic E-state index is 0.0380. The fourth-order valence-electron chi connectivity index (χ4n) is 5.07. The molecule has 1 saturated carbocycles. The molecule has 2 heterocycles. The zero-order valence-corrected chi connectivity index (χ0v) is 18.7. The Labute approximate surface area is 184 Å². The van der Waals surface area contributed by atoms with Crippen LogP contribution >= 0.6 is 11.8 Å². The van der Waals surface area contributed by atoms with Crippen molar-refractivity contribution in [3.8, 4) is 0 Å². The normalized spacial score (nSPS) is 23.7. The third-order valence-corrected chi connectivity index (χ3v) is 8.58. The van der Waals surface area contributed by atoms with E-state index >= 15 is 0 Å². The van der Waals surface area contributed by atoms with Gasteiger partial charge in [-0.05, 0) is 37.2 Å². The van der Waals surface area contributed by atoms with Crippen molar-refractivity contribution in [3.05, 3.63) is 35.9 Å². The first kappa shape index (κ1) is 21.7. The van der Waals surface area contributed by atoms with Gasteiger partial charge in [0.2, 0.25) is 11.8 Å². The second-order valence-corrected chi connectivity index (χ2v) is 10.5. The van der Waals surface area contributed by atoms with E-state index in [0.717, 1.165) is 50.4 Å². The third-order valence-electron chi connectivity index (χ3n) is 7.00. The van der Waals surface area contributed by atoms with Crippen molar-refractivity contribution < 1.29 is 9.59 Å². The molecule has 2 saturated heterocycles. The lowest BCUT2D eigenvalue weighted by Gasteiger charge is -2.39. The second-order valence-electron chi connectivity index (χ2n) is 9.10. The molecule has 6 heteroatoms. The Hall–Kier alpha value is -1.53. The van der Waals surface area contributed by atoms with Crippen molar-refractivity contribution in [1.29, 1.82) is 0 Å². The topological polar surface area (TPSA) is 61.4 Å². The van der Waals surface area contributed by atoms with Gasteiger partial charge >= 0.3 is 0 Å². The monoisotopic (exact) mass is 429 g/mol. The summed E-state index contributed by atoms with van der Waals surface area (Å²) in [6.45, 7) is 2.29. The minimum atomic E-state index is -0.129. The van der Waals surface area contributed by atoms with E-state index in [1.54, 1.807) is 0 Å². The van der Waals surface area contributed by atoms with Gasteiger partial charge in [0, 0.05) is 31.8 Å². The van der Waals surface area contributed by atoms with Crippen LogP contribution < -0.4 is 10.6 Å². The molecule has 1 aromatic carbocycles. The summed E-state index contributed by atoms with van der Waals surface area (Å²) in [5, 5.41) is 6.69. The summed E-state index contributed by atoms with van der Waals surface area (Å²) in [6.07, 6.45) is 9.81. The third kappa shape index (κ3) is 5.58. The summed E-state index contributed by atoms with van der Waals surface area (Å²) in [4.78, 5) is 27.2. The Kier molecular flexibility index (Phi) is 7.37. The number of likely N-dealkylation sites (tertiary alicyclic amines) is 1. The largest absolute Gasteiger partial charge is 0.354 e. The maximum Gasteiger partial charge on any atom is 0.238 e. The van der Waals surface area contributed by atoms with Gasteiger partial charge in [-0.2, -0.15) is 0 Å². The Bertz CT molecular complexity index is 712. The number of carbonyl (C=O) groups is 2. The summed E-state index contributed by atoms with van der Waals surface area (Å²) >= 11 is 1.87. The molecule has 1 aromatic rings. The molecule has 4 rings (SSSR count). The van der Waals surface area contributed by atoms with E-state index in [4.69, 9.17) is 0 Å². The lowest BCUT2D eigenvalue weighted by atomic mass is 9.99. The lowest BCUT2D eigenvalue weighted by molar-refractivity contribution is -0.133. The summed E-state index contributed by atoms with van der Waals surface area (Å²) in [5.74, 6) is 2.02. The van der Waals surface area contributed by atoms with E-state index < -0.39 is 0 Å². The number of hydrogen-bond donors (Lipinski definition) is 2. The molecule has 1 atom stereocenters. The molecule has 2 amide bonds. The standard InChI is InChI=1S/C24H35N3O2S/c28-22(11-10-19-8-4-5-9-19)27-16-13-24(14-17-27)26-21(18-30-24)23(29)25-15-12-20-6-2-1-3-7-20/h1-3,6-7,19,21,26H,4-5,8-18H2,(H,25,29). The van der Waals surface area contributed by atoms with Gasteiger partial charge in [-0.1, -0.05) is 56.0 Å². The highest BCUT2D eigenvalue weighted by atomic mass is 32.2. The molecule has 0 radical (unpaired) electrons. The van der Waals surface area contributed by atoms with Gasteiger partial charge in [0.1, 0.15) is 0 Å². The molecule has 1 spiro atoms. The van der Waals surface area contributed by atoms with Crippen molar-refractivity contribution in [1.82, 2.24) is 15.5 Å². The SMILES string of the molecule is O=C(NCCc1ccccc1)C1CSC2(CCN(C(=O)CCC3CCCC3)CC2)N1. The number of carbonyl (C=O) groups excluding carboxylic acids is 2. The molecule has 0 bridgehead atoms. The van der Waals surface area contributed by atoms with E-state index in [1.807, 2.05) is 30.0 Å². The van der Waals surface area contributed by atoms with Crippen LogP contribution in [0.25, 0.3) is 0 Å². The highest BCUT2D eigenvalue weighted by Gasteiger charge is 2.44. The number of amides is 2. The van der Waals surface area contributed by atoms with Gasteiger partial charge in [-0.3, -0.25) is 14.9 Å². The number of thioether (sulfide) groups is 1. The summed E-state index contributed by atoms with van der Waals surface area (Å²) in [5.41, 5.74) is 1.24. The molecule has 2 aliphatic heterocycles. The Morgan fingerprint density at radius 2 is 1.87 bits per heavy atom. The number of piperidine rings is 1. The smallest absolute Gasteiger partial charge is 0.238 e. The first-order chi connectivity index (χ1) is 14.6. The van der Waals surface area contributed by atoms with Crippen LogP contribution in [0.5, 0.6) is 0 Å². The first-order valence-electron chi connectivity index (χ1n) is 11.6. The number of rotatable bonds is 7. The van der Waals surface area contributed by atoms with E-state index in [-0.39, 0.29) is 16.8 Å². The van der Waals surface area contributed by atoms with E-state index in [1.165, 1.54) is 31.2 Å². The van der Waals surface area contributed by atoms with Crippen molar-refractivity contribution in [2.24, 2.45) is 5.92 Å². The van der Waals surface area contributed by atoms with Crippen molar-refractivity contribution in [2.45, 2.75) is 68.7 Å². The number of benzene rings is 1. The molecule has 30 heavy (non-hydrogen) atoms. The molecule has 1 aliphatic carbocycles. The van der Waals surface area contributed by atoms with Crippen LogP contribution in [0.4, 0.5) is 0 Å². The van der Waals surface area contributed by atoms with Crippen LogP contribution in [0, 0.1) is 5.92 Å². The molecular formula is C24H35N3O2S. The summed E-state index contributed by atoms with van der Waals surface area (Å²) < 4.78 is 0. The lowest BCUT2D eigenvalue weighted by Crippen LogP contribution is -2.54. The van der Waals surface area contributed by atoms with Crippen LogP contribution in [0.3, 0.4) is 0 Å². The van der Waals surface area contributed by atoms with E-state index in [0.29, 0.717) is 18.9 Å². The zero-order valence-electron chi connectivity index (χ0n) is 17.9. The van der Waals surface area contributed by atoms with Gasteiger partial charge in [0.15, 0.2) is 0 Å². The predicted molar refractivity (Wildman–Crippen MR) is 122 cm³/mol. The number of hydrogen-bond acceptors (Lipinski definition) is 4. The molecule has 5 nitrogen and oxygen atoms in total. The number of nitrogens with one attached hydrogen (secondary N) is 2. The maximum atomic E-state index is 12.6. The number of nitrogens with zero attached hydrogens (tertiary/aromatic N) is 1. The van der Waals surface area contributed by atoms with Gasteiger partial charge < -0.3 is 10.2 Å². The molecule has 1 unspecified atom stereocenters. The van der Waals surface area contributed by atoms with Crippen molar-refractivity contribution in [2.75, 3.05) is 25.4 Å². The van der Waals surface area contributed by atoms with Crippen molar-refractivity contribution >= 4 is 23.6 Å². The Morgan fingerprint density at radius 1 is 1.13 bits per heavy atom. The fraction of sp³-hybridized carbons (Fsp3) is 0.667. The Balaban J connectivity index is 1.16. The van der Waals surface area contributed by atoms with Crippen LogP contribution in [0.15, 0.2) is 30.3 Å². The second kappa shape index (κ2) is 10.2. The summed E-state index contributed by atoms with van der Waals surface area (Å²) in [6, 6.07) is 10.1. The average molecular weight is 430 g/mol. The zero-order chi connectivity index (χ0) is 20.8. The Morgan fingerprint density at radius 3 is 2.60 bits per heavy atom. The van der Waals surface area contributed by atoms with Crippen LogP contribution in [-0.4, -0.2) is 53.0 Å². The molecule has 164 valence electrons. The van der Waals surface area contributed by atoms with E-state index in [9.17, 15) is 9.59 Å². The summed E-state index contributed by atoms with van der Waals surface area (Å²) in [7, 11) is 0. The predicted octanol–water partition coefficient (Wildman–Crippen LogP) is 3.34. The van der Waals surface area contributed by atoms with Crippen molar-refractivity contribution in [3.63, 3.8) is 0 Å². The maximum absolute atomic E-state index is 12.6. The highest BCUT2D eigenvalue weighted by molar-refractivity contribution is 8.01. The molecule has 3 fully saturated rings. The van der Waals surface area contributed by atoms with Crippen LogP contribution in [-0.2, 0) is 16.0 Å². The molecule has 3 aliphatic rings. The molecule has 0 aromatic heterocycles. The highest BCUT2D eigenvalue weighted by Crippen LogP contribution is 2.39. The quantitative estimate of drug-likeness (QED) is 0.698.